The van der Waals surface area contributed by atoms with Gasteiger partial charge in [-0.15, -0.1) is 0 Å². The molecule has 0 aromatic carbocycles. The van der Waals surface area contributed by atoms with E-state index in [1.54, 1.807) is 18.7 Å². The van der Waals surface area contributed by atoms with Gasteiger partial charge in [0.05, 0.1) is 6.33 Å². The molecule has 0 saturated carbocycles. The van der Waals surface area contributed by atoms with Gasteiger partial charge in [-0.3, -0.25) is 4.79 Å². The van der Waals surface area contributed by atoms with E-state index >= 15 is 0 Å². The fourth-order valence-electron chi connectivity index (χ4n) is 2.73. The third-order valence-electron chi connectivity index (χ3n) is 4.04. The van der Waals surface area contributed by atoms with E-state index in [9.17, 15) is 14.7 Å². The van der Waals surface area contributed by atoms with E-state index in [0.29, 0.717) is 31.8 Å². The Labute approximate surface area is 118 Å². The molecule has 1 fully saturated rings. The molecule has 2 atom stereocenters. The van der Waals surface area contributed by atoms with Crippen LogP contribution < -0.4 is 0 Å². The molecule has 20 heavy (non-hydrogen) atoms. The van der Waals surface area contributed by atoms with Crippen LogP contribution in [0.1, 0.15) is 32.6 Å². The highest BCUT2D eigenvalue weighted by Crippen LogP contribution is 2.26. The third-order valence-corrected chi connectivity index (χ3v) is 4.04. The Bertz CT molecular complexity index is 458. The Morgan fingerprint density at radius 3 is 2.85 bits per heavy atom. The van der Waals surface area contributed by atoms with E-state index < -0.39 is 12.0 Å². The SMILES string of the molecule is CCC1CCN(C(=O)CCn2ccnc2)C(C(=O)O)C1. The smallest absolute Gasteiger partial charge is 0.326 e. The fraction of sp³-hybridized carbons (Fsp3) is 0.643. The molecule has 0 bridgehead atoms. The standard InChI is InChI=1S/C14H21N3O3/c1-2-11-3-7-17(12(9-11)14(19)20)13(18)4-6-16-8-5-15-10-16/h5,8,10-12H,2-4,6-7,9H2,1H3,(H,19,20). The van der Waals surface area contributed by atoms with E-state index in [-0.39, 0.29) is 5.91 Å². The van der Waals surface area contributed by atoms with Crippen molar-refractivity contribution in [1.29, 1.82) is 0 Å². The lowest BCUT2D eigenvalue weighted by atomic mass is 9.88. The first-order valence-electron chi connectivity index (χ1n) is 7.09. The normalized spacial score (nSPS) is 22.8. The molecule has 1 aromatic rings. The number of carbonyl (C=O) groups excluding carboxylic acids is 1. The molecule has 2 unspecified atom stereocenters. The van der Waals surface area contributed by atoms with Gasteiger partial charge in [0.2, 0.25) is 5.91 Å². The van der Waals surface area contributed by atoms with Crippen LogP contribution in [-0.4, -0.2) is 44.0 Å². The Hall–Kier alpha value is -1.85. The van der Waals surface area contributed by atoms with E-state index in [0.717, 1.165) is 12.8 Å². The minimum Gasteiger partial charge on any atom is -0.480 e. The number of likely N-dealkylation sites (tertiary alicyclic amines) is 1. The van der Waals surface area contributed by atoms with Crippen molar-refractivity contribution >= 4 is 11.9 Å². The van der Waals surface area contributed by atoms with Crippen molar-refractivity contribution in [2.75, 3.05) is 6.54 Å². The molecule has 0 radical (unpaired) electrons. The predicted octanol–water partition coefficient (Wildman–Crippen LogP) is 1.38. The maximum absolute atomic E-state index is 12.2. The minimum absolute atomic E-state index is 0.0827. The van der Waals surface area contributed by atoms with Gasteiger partial charge >= 0.3 is 5.97 Å². The summed E-state index contributed by atoms with van der Waals surface area (Å²) < 4.78 is 1.83. The maximum atomic E-state index is 12.2. The molecule has 1 aromatic heterocycles. The predicted molar refractivity (Wildman–Crippen MR) is 73.0 cm³/mol. The summed E-state index contributed by atoms with van der Waals surface area (Å²) in [5, 5.41) is 9.31. The van der Waals surface area contributed by atoms with Crippen LogP contribution in [0.4, 0.5) is 0 Å². The number of hydrogen-bond acceptors (Lipinski definition) is 3. The van der Waals surface area contributed by atoms with Crippen LogP contribution in [0.25, 0.3) is 0 Å². The second kappa shape index (κ2) is 6.54. The Kier molecular flexibility index (Phi) is 4.76. The number of carbonyl (C=O) groups is 2. The number of nitrogens with zero attached hydrogens (tertiary/aromatic N) is 3. The molecule has 1 aliphatic heterocycles. The molecule has 1 aliphatic rings. The lowest BCUT2D eigenvalue weighted by Gasteiger charge is -2.37. The number of aryl methyl sites for hydroxylation is 1. The molecule has 1 amide bonds. The monoisotopic (exact) mass is 279 g/mol. The van der Waals surface area contributed by atoms with Gasteiger partial charge in [0.15, 0.2) is 0 Å². The number of hydrogen-bond donors (Lipinski definition) is 1. The summed E-state index contributed by atoms with van der Waals surface area (Å²) in [6.45, 7) is 3.16. The van der Waals surface area contributed by atoms with E-state index in [1.807, 2.05) is 4.57 Å². The molecule has 0 aliphatic carbocycles. The van der Waals surface area contributed by atoms with Crippen molar-refractivity contribution in [3.63, 3.8) is 0 Å². The van der Waals surface area contributed by atoms with Crippen LogP contribution in [-0.2, 0) is 16.1 Å². The van der Waals surface area contributed by atoms with Gasteiger partial charge in [0, 0.05) is 31.9 Å². The molecule has 6 heteroatoms. The van der Waals surface area contributed by atoms with Crippen LogP contribution in [0.3, 0.4) is 0 Å². The van der Waals surface area contributed by atoms with Crippen LogP contribution in [0.15, 0.2) is 18.7 Å². The average Bonchev–Trinajstić information content (AvgIpc) is 2.97. The van der Waals surface area contributed by atoms with Crippen molar-refractivity contribution in [1.82, 2.24) is 14.5 Å². The number of piperidine rings is 1. The van der Waals surface area contributed by atoms with Gasteiger partial charge in [0.25, 0.3) is 0 Å². The van der Waals surface area contributed by atoms with Crippen molar-refractivity contribution in [2.45, 2.75) is 45.2 Å². The number of amides is 1. The maximum Gasteiger partial charge on any atom is 0.326 e. The molecule has 0 spiro atoms. The quantitative estimate of drug-likeness (QED) is 0.883. The largest absolute Gasteiger partial charge is 0.480 e. The summed E-state index contributed by atoms with van der Waals surface area (Å²) in [7, 11) is 0. The molecule has 1 saturated heterocycles. The van der Waals surface area contributed by atoms with Crippen LogP contribution in [0, 0.1) is 5.92 Å². The summed E-state index contributed by atoms with van der Waals surface area (Å²) in [6.07, 6.45) is 7.88. The average molecular weight is 279 g/mol. The van der Waals surface area contributed by atoms with Gasteiger partial charge in [-0.1, -0.05) is 13.3 Å². The molecule has 2 heterocycles. The Morgan fingerprint density at radius 1 is 1.45 bits per heavy atom. The molecular weight excluding hydrogens is 258 g/mol. The molecular formula is C14H21N3O3. The van der Waals surface area contributed by atoms with Crippen LogP contribution in [0.2, 0.25) is 0 Å². The molecule has 1 N–H and O–H groups in total. The lowest BCUT2D eigenvalue weighted by Crippen LogP contribution is -2.50. The first kappa shape index (κ1) is 14.6. The highest BCUT2D eigenvalue weighted by molar-refractivity contribution is 5.83. The Morgan fingerprint density at radius 2 is 2.25 bits per heavy atom. The summed E-state index contributed by atoms with van der Waals surface area (Å²) in [5.74, 6) is -0.561. The zero-order chi connectivity index (χ0) is 14.5. The Balaban J connectivity index is 1.94. The zero-order valence-electron chi connectivity index (χ0n) is 11.7. The van der Waals surface area contributed by atoms with Crippen LogP contribution >= 0.6 is 0 Å². The highest BCUT2D eigenvalue weighted by atomic mass is 16.4. The number of carboxylic acids is 1. The zero-order valence-corrected chi connectivity index (χ0v) is 11.7. The summed E-state index contributed by atoms with van der Waals surface area (Å²) >= 11 is 0. The van der Waals surface area contributed by atoms with Crippen molar-refractivity contribution in [2.24, 2.45) is 5.92 Å². The topological polar surface area (TPSA) is 75.4 Å². The number of imidazole rings is 1. The van der Waals surface area contributed by atoms with Crippen molar-refractivity contribution in [3.8, 4) is 0 Å². The number of carboxylic acid groups (broad SMARTS) is 1. The molecule has 2 rings (SSSR count). The second-order valence-electron chi connectivity index (χ2n) is 5.29. The number of rotatable bonds is 5. The minimum atomic E-state index is -0.890. The second-order valence-corrected chi connectivity index (χ2v) is 5.29. The third kappa shape index (κ3) is 3.37. The number of aromatic nitrogens is 2. The van der Waals surface area contributed by atoms with Crippen molar-refractivity contribution in [3.05, 3.63) is 18.7 Å². The van der Waals surface area contributed by atoms with E-state index in [4.69, 9.17) is 0 Å². The van der Waals surface area contributed by atoms with Crippen LogP contribution in [0.5, 0.6) is 0 Å². The first-order chi connectivity index (χ1) is 9.61. The first-order valence-corrected chi connectivity index (χ1v) is 7.09. The number of aliphatic carboxylic acids is 1. The van der Waals surface area contributed by atoms with Crippen molar-refractivity contribution < 1.29 is 14.7 Å². The summed E-state index contributed by atoms with van der Waals surface area (Å²) in [5.41, 5.74) is 0. The molecule has 110 valence electrons. The van der Waals surface area contributed by atoms with E-state index in [2.05, 4.69) is 11.9 Å². The van der Waals surface area contributed by atoms with Gasteiger partial charge in [0.1, 0.15) is 6.04 Å². The van der Waals surface area contributed by atoms with Gasteiger partial charge in [-0.25, -0.2) is 9.78 Å². The van der Waals surface area contributed by atoms with Gasteiger partial charge in [-0.2, -0.15) is 0 Å². The summed E-state index contributed by atoms with van der Waals surface area (Å²) in [6, 6.07) is -0.663. The highest BCUT2D eigenvalue weighted by Gasteiger charge is 2.35. The van der Waals surface area contributed by atoms with Gasteiger partial charge < -0.3 is 14.6 Å². The van der Waals surface area contributed by atoms with Gasteiger partial charge in [-0.05, 0) is 18.8 Å². The fourth-order valence-corrected chi connectivity index (χ4v) is 2.73. The lowest BCUT2D eigenvalue weighted by molar-refractivity contribution is -0.153. The molecule has 6 nitrogen and oxygen atoms in total. The van der Waals surface area contributed by atoms with E-state index in [1.165, 1.54) is 4.90 Å². The summed E-state index contributed by atoms with van der Waals surface area (Å²) in [4.78, 5) is 29.0.